The van der Waals surface area contributed by atoms with Crippen molar-refractivity contribution in [2.24, 2.45) is 20.4 Å². The maximum absolute atomic E-state index is 4.93. The zero-order valence-corrected chi connectivity index (χ0v) is 26.6. The van der Waals surface area contributed by atoms with Gasteiger partial charge in [-0.3, -0.25) is 0 Å². The number of amidine groups is 2. The highest BCUT2D eigenvalue weighted by molar-refractivity contribution is 8.14. The average molecular weight is 567 g/mol. The minimum atomic E-state index is 0.456. The van der Waals surface area contributed by atoms with Gasteiger partial charge in [-0.15, -0.1) is 20.4 Å². The molecule has 0 saturated heterocycles. The Morgan fingerprint density at radius 1 is 0.692 bits per heavy atom. The van der Waals surface area contributed by atoms with Gasteiger partial charge in [-0.25, -0.2) is 0 Å². The SMILES string of the molecule is CCCC(C)S\C(=N/N=C(/C(=N/N=C(\SC)N(CC)CC)c1ccc(C)cc1)c1ccccc1)N(CC)CC. The van der Waals surface area contributed by atoms with Crippen LogP contribution in [0.4, 0.5) is 0 Å². The van der Waals surface area contributed by atoms with Gasteiger partial charge in [0.05, 0.1) is 0 Å². The Hall–Kier alpha value is -2.58. The average Bonchev–Trinajstić information content (AvgIpc) is 2.95. The minimum absolute atomic E-state index is 0.456. The van der Waals surface area contributed by atoms with Gasteiger partial charge in [-0.2, -0.15) is 0 Å². The second-order valence-corrected chi connectivity index (χ2v) is 11.3. The van der Waals surface area contributed by atoms with Gasteiger partial charge in [0.1, 0.15) is 11.4 Å². The van der Waals surface area contributed by atoms with Crippen LogP contribution in [0, 0.1) is 6.92 Å². The van der Waals surface area contributed by atoms with Crippen LogP contribution in [0.2, 0.25) is 0 Å². The number of hydrogen-bond donors (Lipinski definition) is 0. The van der Waals surface area contributed by atoms with Gasteiger partial charge in [0, 0.05) is 42.6 Å². The Labute approximate surface area is 245 Å². The summed E-state index contributed by atoms with van der Waals surface area (Å²) in [6.45, 7) is 18.7. The van der Waals surface area contributed by atoms with E-state index in [1.807, 2.05) is 24.5 Å². The first kappa shape index (κ1) is 32.6. The molecule has 0 aliphatic heterocycles. The van der Waals surface area contributed by atoms with Gasteiger partial charge >= 0.3 is 0 Å². The Kier molecular flexibility index (Phi) is 15.0. The van der Waals surface area contributed by atoms with Gasteiger partial charge < -0.3 is 9.80 Å². The molecule has 0 heterocycles. The van der Waals surface area contributed by atoms with Crippen molar-refractivity contribution in [2.45, 2.75) is 66.6 Å². The molecule has 0 aliphatic carbocycles. The molecule has 0 N–H and O–H groups in total. The van der Waals surface area contributed by atoms with E-state index in [9.17, 15) is 0 Å². The third kappa shape index (κ3) is 10.2. The van der Waals surface area contributed by atoms with Crippen LogP contribution >= 0.6 is 23.5 Å². The number of thioether (sulfide) groups is 2. The topological polar surface area (TPSA) is 55.9 Å². The molecular formula is C31H46N6S2. The van der Waals surface area contributed by atoms with E-state index in [1.165, 1.54) is 5.56 Å². The van der Waals surface area contributed by atoms with E-state index in [-0.39, 0.29) is 0 Å². The number of rotatable bonds is 12. The second-order valence-electron chi connectivity index (χ2n) is 9.16. The van der Waals surface area contributed by atoms with E-state index in [4.69, 9.17) is 20.4 Å². The van der Waals surface area contributed by atoms with Crippen LogP contribution in [-0.2, 0) is 0 Å². The minimum Gasteiger partial charge on any atom is -0.350 e. The lowest BCUT2D eigenvalue weighted by Gasteiger charge is -2.23. The molecule has 2 aromatic carbocycles. The van der Waals surface area contributed by atoms with E-state index in [2.05, 4.69) is 94.7 Å². The van der Waals surface area contributed by atoms with Crippen LogP contribution in [0.5, 0.6) is 0 Å². The first-order chi connectivity index (χ1) is 18.9. The maximum Gasteiger partial charge on any atom is 0.186 e. The Bertz CT molecular complexity index is 1100. The molecule has 0 bridgehead atoms. The highest BCUT2D eigenvalue weighted by atomic mass is 32.2. The third-order valence-electron chi connectivity index (χ3n) is 6.32. The summed E-state index contributed by atoms with van der Waals surface area (Å²) in [5.74, 6) is 0. The molecule has 1 unspecified atom stereocenters. The van der Waals surface area contributed by atoms with E-state index in [0.29, 0.717) is 16.7 Å². The Morgan fingerprint density at radius 3 is 1.67 bits per heavy atom. The zero-order chi connectivity index (χ0) is 28.6. The van der Waals surface area contributed by atoms with Gasteiger partial charge in [0.25, 0.3) is 0 Å². The lowest BCUT2D eigenvalue weighted by Crippen LogP contribution is -2.29. The number of nitrogens with zero attached hydrogens (tertiary/aromatic N) is 6. The molecule has 6 nitrogen and oxygen atoms in total. The van der Waals surface area contributed by atoms with Crippen molar-refractivity contribution in [1.29, 1.82) is 0 Å². The molecule has 0 radical (unpaired) electrons. The van der Waals surface area contributed by atoms with Gasteiger partial charge in [-0.05, 0) is 47.3 Å². The highest BCUT2D eigenvalue weighted by Gasteiger charge is 2.18. The fraction of sp³-hybridized carbons (Fsp3) is 0.484. The molecule has 39 heavy (non-hydrogen) atoms. The maximum atomic E-state index is 4.93. The first-order valence-corrected chi connectivity index (χ1v) is 16.2. The van der Waals surface area contributed by atoms with Gasteiger partial charge in [0.15, 0.2) is 10.3 Å². The summed E-state index contributed by atoms with van der Waals surface area (Å²) in [6, 6.07) is 18.6. The molecule has 2 rings (SSSR count). The summed E-state index contributed by atoms with van der Waals surface area (Å²) in [5, 5.41) is 21.7. The molecule has 0 spiro atoms. The quantitative estimate of drug-likeness (QED) is 0.150. The Morgan fingerprint density at radius 2 is 1.18 bits per heavy atom. The van der Waals surface area contributed by atoms with Crippen molar-refractivity contribution in [1.82, 2.24) is 9.80 Å². The fourth-order valence-corrected chi connectivity index (χ4v) is 5.85. The van der Waals surface area contributed by atoms with Crippen molar-refractivity contribution in [3.8, 4) is 0 Å². The normalized spacial score (nSPS) is 13.9. The fourth-order valence-electron chi connectivity index (χ4n) is 4.00. The van der Waals surface area contributed by atoms with Crippen LogP contribution in [0.1, 0.15) is 71.1 Å². The van der Waals surface area contributed by atoms with Crippen LogP contribution in [0.3, 0.4) is 0 Å². The predicted molar refractivity (Wildman–Crippen MR) is 177 cm³/mol. The van der Waals surface area contributed by atoms with E-state index >= 15 is 0 Å². The van der Waals surface area contributed by atoms with Crippen molar-refractivity contribution in [3.05, 3.63) is 71.3 Å². The molecule has 1 atom stereocenters. The Balaban J connectivity index is 2.80. The molecular weight excluding hydrogens is 521 g/mol. The van der Waals surface area contributed by atoms with Crippen molar-refractivity contribution in [2.75, 3.05) is 32.4 Å². The van der Waals surface area contributed by atoms with Crippen LogP contribution in [0.25, 0.3) is 0 Å². The molecule has 0 amide bonds. The van der Waals surface area contributed by atoms with Crippen LogP contribution < -0.4 is 0 Å². The van der Waals surface area contributed by atoms with Gasteiger partial charge in [0.2, 0.25) is 0 Å². The third-order valence-corrected chi connectivity index (χ3v) is 8.21. The standard InChI is InChI=1S/C31H46N6S2/c1-9-17-25(7)39-31(37(12-4)13-5)35-33-28(26-18-15-14-16-19-26)29(27-22-20-24(6)21-23-27)32-34-30(38-8)36(10-2)11-3/h14-16,18-23,25H,9-13,17H2,1-8H3/b32-29+,33-28+,34-30-,35-31-. The lowest BCUT2D eigenvalue weighted by atomic mass is 9.99. The number of hydrogen-bond acceptors (Lipinski definition) is 6. The molecule has 0 aliphatic rings. The summed E-state index contributed by atoms with van der Waals surface area (Å²) in [7, 11) is 0. The summed E-state index contributed by atoms with van der Waals surface area (Å²) < 4.78 is 0. The molecule has 212 valence electrons. The number of benzene rings is 2. The van der Waals surface area contributed by atoms with Gasteiger partial charge in [-0.1, -0.05) is 104 Å². The lowest BCUT2D eigenvalue weighted by molar-refractivity contribution is 0.473. The summed E-state index contributed by atoms with van der Waals surface area (Å²) in [5.41, 5.74) is 4.51. The van der Waals surface area contributed by atoms with E-state index < -0.39 is 0 Å². The highest BCUT2D eigenvalue weighted by Crippen LogP contribution is 2.21. The smallest absolute Gasteiger partial charge is 0.186 e. The zero-order valence-electron chi connectivity index (χ0n) is 25.0. The molecule has 8 heteroatoms. The molecule has 0 fully saturated rings. The van der Waals surface area contributed by atoms with Crippen molar-refractivity contribution in [3.63, 3.8) is 0 Å². The van der Waals surface area contributed by atoms with E-state index in [0.717, 1.165) is 60.5 Å². The van der Waals surface area contributed by atoms with Crippen molar-refractivity contribution < 1.29 is 0 Å². The summed E-state index contributed by atoms with van der Waals surface area (Å²) >= 11 is 3.40. The predicted octanol–water partition coefficient (Wildman–Crippen LogP) is 7.78. The first-order valence-electron chi connectivity index (χ1n) is 14.1. The summed E-state index contributed by atoms with van der Waals surface area (Å²) in [4.78, 5) is 4.48. The largest absolute Gasteiger partial charge is 0.350 e. The summed E-state index contributed by atoms with van der Waals surface area (Å²) in [6.07, 6.45) is 4.32. The second kappa shape index (κ2) is 17.9. The van der Waals surface area contributed by atoms with Crippen LogP contribution in [0.15, 0.2) is 75.0 Å². The monoisotopic (exact) mass is 566 g/mol. The molecule has 0 aromatic heterocycles. The molecule has 0 saturated carbocycles. The molecule has 2 aromatic rings. The number of aryl methyl sites for hydroxylation is 1. The van der Waals surface area contributed by atoms with E-state index in [1.54, 1.807) is 23.5 Å². The van der Waals surface area contributed by atoms with Crippen LogP contribution in [-0.4, -0.2) is 69.2 Å². The van der Waals surface area contributed by atoms with Crippen molar-refractivity contribution >= 4 is 45.3 Å².